The van der Waals surface area contributed by atoms with Crippen LogP contribution in [0.25, 0.3) is 10.2 Å². The van der Waals surface area contributed by atoms with Gasteiger partial charge in [0, 0.05) is 44.8 Å². The first-order chi connectivity index (χ1) is 16.7. The minimum atomic E-state index is -3.55. The maximum Gasteiger partial charge on any atom is 0.253 e. The Bertz CT molecular complexity index is 1250. The van der Waals surface area contributed by atoms with Crippen molar-refractivity contribution < 1.29 is 13.2 Å². The molecule has 188 valence electrons. The van der Waals surface area contributed by atoms with Crippen molar-refractivity contribution in [2.75, 3.05) is 44.2 Å². The lowest BCUT2D eigenvalue weighted by molar-refractivity contribution is 0.0746. The molecule has 1 aromatic heterocycles. The summed E-state index contributed by atoms with van der Waals surface area (Å²) < 4.78 is 28.7. The van der Waals surface area contributed by atoms with Crippen LogP contribution in [0.2, 0.25) is 0 Å². The summed E-state index contributed by atoms with van der Waals surface area (Å²) in [7, 11) is -3.55. The Morgan fingerprint density at radius 3 is 2.17 bits per heavy atom. The molecule has 0 spiro atoms. The molecule has 0 radical (unpaired) electrons. The highest BCUT2D eigenvalue weighted by Crippen LogP contribution is 2.31. The van der Waals surface area contributed by atoms with Crippen molar-refractivity contribution in [3.63, 3.8) is 0 Å². The van der Waals surface area contributed by atoms with Crippen LogP contribution in [0.3, 0.4) is 0 Å². The molecule has 0 aliphatic carbocycles. The standard InChI is InChI=1S/C26H34N4O3S2/c1-5-11-30(12-6-2)35(32,33)22-9-7-21(8-10-22)25(31)28-13-15-29(16-14-28)26-27-23-17-19(3)20(4)18-24(23)34-26/h7-10,17-18H,5-6,11-16H2,1-4H3. The van der Waals surface area contributed by atoms with Gasteiger partial charge in [-0.2, -0.15) is 4.31 Å². The van der Waals surface area contributed by atoms with Crippen molar-refractivity contribution in [3.05, 3.63) is 53.1 Å². The number of nitrogens with zero attached hydrogens (tertiary/aromatic N) is 4. The molecule has 1 aliphatic heterocycles. The van der Waals surface area contributed by atoms with Crippen LogP contribution in [-0.4, -0.2) is 67.8 Å². The Hall–Kier alpha value is -2.49. The summed E-state index contributed by atoms with van der Waals surface area (Å²) in [6.45, 7) is 11.8. The minimum Gasteiger partial charge on any atom is -0.345 e. The molecule has 2 heterocycles. The van der Waals surface area contributed by atoms with E-state index in [0.717, 1.165) is 36.6 Å². The summed E-state index contributed by atoms with van der Waals surface area (Å²) in [5, 5.41) is 0.996. The third-order valence-electron chi connectivity index (χ3n) is 6.52. The smallest absolute Gasteiger partial charge is 0.253 e. The van der Waals surface area contributed by atoms with Crippen LogP contribution in [0.15, 0.2) is 41.3 Å². The Kier molecular flexibility index (Phi) is 7.78. The fraction of sp³-hybridized carbons (Fsp3) is 0.462. The topological polar surface area (TPSA) is 73.8 Å². The van der Waals surface area contributed by atoms with E-state index in [9.17, 15) is 13.2 Å². The zero-order valence-corrected chi connectivity index (χ0v) is 22.6. The van der Waals surface area contributed by atoms with E-state index in [-0.39, 0.29) is 10.8 Å². The van der Waals surface area contributed by atoms with Crippen molar-refractivity contribution in [2.45, 2.75) is 45.4 Å². The fourth-order valence-corrected chi connectivity index (χ4v) is 7.08. The Balaban J connectivity index is 1.41. The first-order valence-corrected chi connectivity index (χ1v) is 14.5. The van der Waals surface area contributed by atoms with Gasteiger partial charge in [-0.15, -0.1) is 0 Å². The molecule has 9 heteroatoms. The maximum atomic E-state index is 13.1. The molecule has 0 atom stereocenters. The van der Waals surface area contributed by atoms with Gasteiger partial charge in [0.25, 0.3) is 5.91 Å². The molecule has 0 unspecified atom stereocenters. The van der Waals surface area contributed by atoms with E-state index < -0.39 is 10.0 Å². The van der Waals surface area contributed by atoms with Crippen molar-refractivity contribution in [2.24, 2.45) is 0 Å². The number of carbonyl (C=O) groups excluding carboxylic acids is 1. The second kappa shape index (κ2) is 10.6. The van der Waals surface area contributed by atoms with E-state index in [2.05, 4.69) is 30.9 Å². The van der Waals surface area contributed by atoms with Crippen LogP contribution in [0, 0.1) is 13.8 Å². The van der Waals surface area contributed by atoms with Gasteiger partial charge in [-0.05, 0) is 74.2 Å². The maximum absolute atomic E-state index is 13.1. The second-order valence-electron chi connectivity index (χ2n) is 9.11. The van der Waals surface area contributed by atoms with Gasteiger partial charge >= 0.3 is 0 Å². The molecule has 35 heavy (non-hydrogen) atoms. The van der Waals surface area contributed by atoms with Crippen molar-refractivity contribution >= 4 is 42.6 Å². The van der Waals surface area contributed by atoms with Crippen LogP contribution in [0.1, 0.15) is 48.2 Å². The first kappa shape index (κ1) is 25.6. The van der Waals surface area contributed by atoms with Crippen LogP contribution in [0.5, 0.6) is 0 Å². The quantitative estimate of drug-likeness (QED) is 0.436. The van der Waals surface area contributed by atoms with Gasteiger partial charge in [0.2, 0.25) is 10.0 Å². The van der Waals surface area contributed by atoms with Crippen LogP contribution >= 0.6 is 11.3 Å². The van der Waals surface area contributed by atoms with Crippen molar-refractivity contribution in [1.29, 1.82) is 0 Å². The van der Waals surface area contributed by atoms with Crippen molar-refractivity contribution in [1.82, 2.24) is 14.2 Å². The predicted molar refractivity (Wildman–Crippen MR) is 143 cm³/mol. The molecule has 0 N–H and O–H groups in total. The van der Waals surface area contributed by atoms with E-state index in [1.807, 2.05) is 18.7 Å². The molecule has 1 amide bonds. The van der Waals surface area contributed by atoms with Crippen LogP contribution in [0.4, 0.5) is 5.13 Å². The SMILES string of the molecule is CCCN(CCC)S(=O)(=O)c1ccc(C(=O)N2CCN(c3nc4cc(C)c(C)cc4s3)CC2)cc1. The van der Waals surface area contributed by atoms with E-state index in [4.69, 9.17) is 4.98 Å². The number of aromatic nitrogens is 1. The minimum absolute atomic E-state index is 0.0666. The van der Waals surface area contributed by atoms with Crippen LogP contribution < -0.4 is 4.90 Å². The van der Waals surface area contributed by atoms with Gasteiger partial charge < -0.3 is 9.80 Å². The molecule has 1 saturated heterocycles. The number of benzene rings is 2. The average molecular weight is 515 g/mol. The largest absolute Gasteiger partial charge is 0.345 e. The second-order valence-corrected chi connectivity index (χ2v) is 12.1. The zero-order chi connectivity index (χ0) is 25.2. The molecule has 0 bridgehead atoms. The Labute approximate surface area is 212 Å². The van der Waals surface area contributed by atoms with E-state index in [0.29, 0.717) is 31.7 Å². The van der Waals surface area contributed by atoms with E-state index >= 15 is 0 Å². The number of aryl methyl sites for hydroxylation is 2. The summed E-state index contributed by atoms with van der Waals surface area (Å²) >= 11 is 1.70. The predicted octanol–water partition coefficient (Wildman–Crippen LogP) is 4.69. The normalized spacial score (nSPS) is 14.8. The molecule has 3 aromatic rings. The number of thiazole rings is 1. The number of rotatable bonds is 8. The lowest BCUT2D eigenvalue weighted by Gasteiger charge is -2.34. The number of hydrogen-bond acceptors (Lipinski definition) is 6. The fourth-order valence-electron chi connectivity index (χ4n) is 4.36. The molecule has 0 saturated carbocycles. The van der Waals surface area contributed by atoms with Gasteiger partial charge in [-0.25, -0.2) is 13.4 Å². The third kappa shape index (κ3) is 5.37. The number of amides is 1. The number of carbonyl (C=O) groups is 1. The first-order valence-electron chi connectivity index (χ1n) is 12.3. The third-order valence-corrected chi connectivity index (χ3v) is 9.51. The summed E-state index contributed by atoms with van der Waals surface area (Å²) in [6, 6.07) is 10.7. The summed E-state index contributed by atoms with van der Waals surface area (Å²) in [4.78, 5) is 22.2. The highest BCUT2D eigenvalue weighted by atomic mass is 32.2. The molecule has 2 aromatic carbocycles. The van der Waals surface area contributed by atoms with Gasteiger partial charge in [0.15, 0.2) is 5.13 Å². The molecular formula is C26H34N4O3S2. The van der Waals surface area contributed by atoms with Gasteiger partial charge in [0.1, 0.15) is 0 Å². The monoisotopic (exact) mass is 514 g/mol. The Morgan fingerprint density at radius 2 is 1.57 bits per heavy atom. The summed E-state index contributed by atoms with van der Waals surface area (Å²) in [6.07, 6.45) is 1.52. The lowest BCUT2D eigenvalue weighted by Crippen LogP contribution is -2.48. The highest BCUT2D eigenvalue weighted by molar-refractivity contribution is 7.89. The molecule has 1 fully saturated rings. The molecular weight excluding hydrogens is 480 g/mol. The molecule has 7 nitrogen and oxygen atoms in total. The average Bonchev–Trinajstić information content (AvgIpc) is 3.26. The van der Waals surface area contributed by atoms with E-state index in [1.165, 1.54) is 20.1 Å². The Morgan fingerprint density at radius 1 is 0.971 bits per heavy atom. The number of fused-ring (bicyclic) bond motifs is 1. The summed E-state index contributed by atoms with van der Waals surface area (Å²) in [5.41, 5.74) is 4.05. The van der Waals surface area contributed by atoms with Gasteiger partial charge in [-0.3, -0.25) is 4.79 Å². The number of hydrogen-bond donors (Lipinski definition) is 0. The van der Waals surface area contributed by atoms with Gasteiger partial charge in [0.05, 0.1) is 15.1 Å². The zero-order valence-electron chi connectivity index (χ0n) is 21.0. The number of anilines is 1. The number of piperazine rings is 1. The highest BCUT2D eigenvalue weighted by Gasteiger charge is 2.26. The summed E-state index contributed by atoms with van der Waals surface area (Å²) in [5.74, 6) is -0.0666. The molecule has 1 aliphatic rings. The van der Waals surface area contributed by atoms with Crippen LogP contribution in [-0.2, 0) is 10.0 Å². The lowest BCUT2D eigenvalue weighted by atomic mass is 10.1. The number of sulfonamides is 1. The van der Waals surface area contributed by atoms with Crippen molar-refractivity contribution in [3.8, 4) is 0 Å². The van der Waals surface area contributed by atoms with E-state index in [1.54, 1.807) is 35.6 Å². The van der Waals surface area contributed by atoms with Gasteiger partial charge in [-0.1, -0.05) is 25.2 Å². The molecule has 4 rings (SSSR count).